The van der Waals surface area contributed by atoms with Gasteiger partial charge in [0.15, 0.2) is 0 Å². The number of amides is 2. The van der Waals surface area contributed by atoms with Gasteiger partial charge in [0.05, 0.1) is 5.92 Å². The predicted octanol–water partition coefficient (Wildman–Crippen LogP) is 3.03. The average Bonchev–Trinajstić information content (AvgIpc) is 2.49. The third-order valence-electron chi connectivity index (χ3n) is 3.86. The van der Waals surface area contributed by atoms with E-state index in [2.05, 4.69) is 26.6 Å². The molecule has 0 unspecified atom stereocenters. The number of carbonyl (C=O) groups is 2. The third kappa shape index (κ3) is 4.69. The fraction of sp³-hybridized carbons (Fsp3) is 0.467. The standard InChI is InChI=1S/C15H18BrFN2O3/c16-11-3-6-13(17)10(7-11)8-18-15(22)19-12-4-1-9(2-5-12)14(20)21/h3,6-7,9,12H,1-2,4-5,8H2,(H,20,21)(H2,18,19,22). The first-order chi connectivity index (χ1) is 10.5. The van der Waals surface area contributed by atoms with Crippen molar-refractivity contribution in [2.24, 2.45) is 5.92 Å². The molecule has 1 fully saturated rings. The van der Waals surface area contributed by atoms with Crippen molar-refractivity contribution in [1.29, 1.82) is 0 Å². The molecule has 0 radical (unpaired) electrons. The van der Waals surface area contributed by atoms with Crippen LogP contribution in [0, 0.1) is 11.7 Å². The van der Waals surface area contributed by atoms with E-state index in [0.717, 1.165) is 4.47 Å². The van der Waals surface area contributed by atoms with Crippen molar-refractivity contribution in [3.8, 4) is 0 Å². The van der Waals surface area contributed by atoms with E-state index < -0.39 is 5.97 Å². The van der Waals surface area contributed by atoms with E-state index in [1.165, 1.54) is 6.07 Å². The number of aliphatic carboxylic acids is 1. The van der Waals surface area contributed by atoms with Crippen molar-refractivity contribution in [2.75, 3.05) is 0 Å². The molecule has 1 aromatic carbocycles. The Morgan fingerprint density at radius 1 is 1.27 bits per heavy atom. The number of rotatable bonds is 4. The van der Waals surface area contributed by atoms with Gasteiger partial charge in [-0.1, -0.05) is 15.9 Å². The highest BCUT2D eigenvalue weighted by Gasteiger charge is 2.26. The van der Waals surface area contributed by atoms with Crippen molar-refractivity contribution in [2.45, 2.75) is 38.3 Å². The van der Waals surface area contributed by atoms with Gasteiger partial charge in [-0.3, -0.25) is 4.79 Å². The Hall–Kier alpha value is -1.63. The molecule has 0 aromatic heterocycles. The molecule has 0 atom stereocenters. The Bertz CT molecular complexity index is 560. The second-order valence-electron chi connectivity index (χ2n) is 5.45. The summed E-state index contributed by atoms with van der Waals surface area (Å²) in [6.45, 7) is 0.0988. The zero-order chi connectivity index (χ0) is 16.1. The first-order valence-electron chi connectivity index (χ1n) is 7.17. The highest BCUT2D eigenvalue weighted by Crippen LogP contribution is 2.24. The number of urea groups is 1. The molecule has 2 amide bonds. The van der Waals surface area contributed by atoms with Crippen LogP contribution in [0.25, 0.3) is 0 Å². The molecule has 22 heavy (non-hydrogen) atoms. The normalized spacial score (nSPS) is 21.2. The summed E-state index contributed by atoms with van der Waals surface area (Å²) < 4.78 is 14.3. The van der Waals surface area contributed by atoms with Crippen molar-refractivity contribution in [3.63, 3.8) is 0 Å². The molecule has 1 saturated carbocycles. The van der Waals surface area contributed by atoms with Crippen LogP contribution in [-0.2, 0) is 11.3 Å². The quantitative estimate of drug-likeness (QED) is 0.759. The Morgan fingerprint density at radius 3 is 2.59 bits per heavy atom. The monoisotopic (exact) mass is 372 g/mol. The summed E-state index contributed by atoms with van der Waals surface area (Å²) in [6.07, 6.45) is 2.44. The van der Waals surface area contributed by atoms with Crippen LogP contribution in [0.5, 0.6) is 0 Å². The van der Waals surface area contributed by atoms with E-state index in [9.17, 15) is 14.0 Å². The minimum absolute atomic E-state index is 0.0250. The zero-order valence-corrected chi connectivity index (χ0v) is 13.5. The summed E-state index contributed by atoms with van der Waals surface area (Å²) in [7, 11) is 0. The Morgan fingerprint density at radius 2 is 1.95 bits per heavy atom. The SMILES string of the molecule is O=C(NCc1cc(Br)ccc1F)NC1CCC(C(=O)O)CC1. The van der Waals surface area contributed by atoms with E-state index in [4.69, 9.17) is 5.11 Å². The van der Waals surface area contributed by atoms with Crippen LogP contribution in [0.4, 0.5) is 9.18 Å². The number of carboxylic acid groups (broad SMARTS) is 1. The molecule has 0 aliphatic heterocycles. The maximum absolute atomic E-state index is 13.5. The molecule has 0 heterocycles. The van der Waals surface area contributed by atoms with E-state index in [0.29, 0.717) is 31.2 Å². The summed E-state index contributed by atoms with van der Waals surface area (Å²) in [5.74, 6) is -1.45. The summed E-state index contributed by atoms with van der Waals surface area (Å²) >= 11 is 3.26. The molecule has 5 nitrogen and oxygen atoms in total. The smallest absolute Gasteiger partial charge is 0.315 e. The number of carboxylic acids is 1. The first-order valence-corrected chi connectivity index (χ1v) is 7.96. The number of nitrogens with one attached hydrogen (secondary N) is 2. The second-order valence-corrected chi connectivity index (χ2v) is 6.37. The van der Waals surface area contributed by atoms with E-state index in [1.807, 2.05) is 0 Å². The van der Waals surface area contributed by atoms with Gasteiger partial charge in [0.2, 0.25) is 0 Å². The summed E-state index contributed by atoms with van der Waals surface area (Å²) in [4.78, 5) is 22.7. The lowest BCUT2D eigenvalue weighted by molar-refractivity contribution is -0.142. The van der Waals surface area contributed by atoms with E-state index in [-0.39, 0.29) is 30.4 Å². The van der Waals surface area contributed by atoms with Gasteiger partial charge in [-0.15, -0.1) is 0 Å². The molecular formula is C15H18BrFN2O3. The van der Waals surface area contributed by atoms with Crippen molar-refractivity contribution in [3.05, 3.63) is 34.1 Å². The van der Waals surface area contributed by atoms with Crippen molar-refractivity contribution >= 4 is 27.9 Å². The van der Waals surface area contributed by atoms with Gasteiger partial charge in [-0.05, 0) is 43.9 Å². The first kappa shape index (κ1) is 16.7. The molecule has 120 valence electrons. The maximum atomic E-state index is 13.5. The molecule has 1 aliphatic carbocycles. The third-order valence-corrected chi connectivity index (χ3v) is 4.35. The molecule has 2 rings (SSSR count). The molecule has 7 heteroatoms. The lowest BCUT2D eigenvalue weighted by atomic mass is 9.86. The van der Waals surface area contributed by atoms with Gasteiger partial charge in [0.1, 0.15) is 5.82 Å². The predicted molar refractivity (Wildman–Crippen MR) is 82.9 cm³/mol. The van der Waals surface area contributed by atoms with E-state index >= 15 is 0 Å². The maximum Gasteiger partial charge on any atom is 0.315 e. The van der Waals surface area contributed by atoms with Crippen molar-refractivity contribution < 1.29 is 19.1 Å². The van der Waals surface area contributed by atoms with E-state index in [1.54, 1.807) is 12.1 Å². The number of hydrogen-bond acceptors (Lipinski definition) is 2. The molecule has 0 saturated heterocycles. The zero-order valence-electron chi connectivity index (χ0n) is 11.9. The van der Waals surface area contributed by atoms with Crippen LogP contribution < -0.4 is 10.6 Å². The van der Waals surface area contributed by atoms with Crippen LogP contribution in [0.15, 0.2) is 22.7 Å². The molecule has 0 spiro atoms. The Labute approximate surface area is 136 Å². The lowest BCUT2D eigenvalue weighted by Crippen LogP contribution is -2.44. The fourth-order valence-corrected chi connectivity index (χ4v) is 2.98. The molecular weight excluding hydrogens is 355 g/mol. The molecule has 0 bridgehead atoms. The van der Waals surface area contributed by atoms with Crippen LogP contribution in [0.1, 0.15) is 31.2 Å². The fourth-order valence-electron chi connectivity index (χ4n) is 2.58. The van der Waals surface area contributed by atoms with Gasteiger partial charge in [-0.2, -0.15) is 0 Å². The van der Waals surface area contributed by atoms with Crippen molar-refractivity contribution in [1.82, 2.24) is 10.6 Å². The topological polar surface area (TPSA) is 78.4 Å². The Kier molecular flexibility index (Phi) is 5.76. The summed E-state index contributed by atoms with van der Waals surface area (Å²) in [5.41, 5.74) is 0.402. The van der Waals surface area contributed by atoms with Crippen LogP contribution in [0.2, 0.25) is 0 Å². The van der Waals surface area contributed by atoms with Gasteiger partial charge >= 0.3 is 12.0 Å². The largest absolute Gasteiger partial charge is 0.481 e. The second kappa shape index (κ2) is 7.58. The number of halogens is 2. The van der Waals surface area contributed by atoms with Gasteiger partial charge in [0, 0.05) is 22.6 Å². The van der Waals surface area contributed by atoms with Gasteiger partial charge in [0.25, 0.3) is 0 Å². The number of carbonyl (C=O) groups excluding carboxylic acids is 1. The average molecular weight is 373 g/mol. The van der Waals surface area contributed by atoms with Gasteiger partial charge < -0.3 is 15.7 Å². The minimum atomic E-state index is -0.770. The highest BCUT2D eigenvalue weighted by molar-refractivity contribution is 9.10. The Balaban J connectivity index is 1.77. The highest BCUT2D eigenvalue weighted by atomic mass is 79.9. The van der Waals surface area contributed by atoms with Crippen LogP contribution in [0.3, 0.4) is 0 Å². The van der Waals surface area contributed by atoms with Crippen LogP contribution >= 0.6 is 15.9 Å². The number of hydrogen-bond donors (Lipinski definition) is 3. The molecule has 3 N–H and O–H groups in total. The lowest BCUT2D eigenvalue weighted by Gasteiger charge is -2.26. The van der Waals surface area contributed by atoms with Crippen LogP contribution in [-0.4, -0.2) is 23.1 Å². The summed E-state index contributed by atoms with van der Waals surface area (Å²) in [6, 6.07) is 4.17. The van der Waals surface area contributed by atoms with Gasteiger partial charge in [-0.25, -0.2) is 9.18 Å². The molecule has 1 aromatic rings. The number of benzene rings is 1. The minimum Gasteiger partial charge on any atom is -0.481 e. The molecule has 1 aliphatic rings. The summed E-state index contributed by atoms with van der Waals surface area (Å²) in [5, 5.41) is 14.4.